The van der Waals surface area contributed by atoms with Gasteiger partial charge in [0.15, 0.2) is 0 Å². The smallest absolute Gasteiger partial charge is 0.229 e. The van der Waals surface area contributed by atoms with Crippen LogP contribution in [0.3, 0.4) is 0 Å². The lowest BCUT2D eigenvalue weighted by Crippen LogP contribution is -2.39. The highest BCUT2D eigenvalue weighted by Crippen LogP contribution is 2.17. The second-order valence-corrected chi connectivity index (χ2v) is 6.30. The van der Waals surface area contributed by atoms with Crippen LogP contribution in [0.1, 0.15) is 13.3 Å². The SMILES string of the molecule is CC(CS)C(CC(=O)NC(=S)S)C(=O)NC(=S)S. The van der Waals surface area contributed by atoms with Crippen LogP contribution in [-0.4, -0.2) is 26.2 Å². The van der Waals surface area contributed by atoms with Crippen LogP contribution in [0.25, 0.3) is 0 Å². The van der Waals surface area contributed by atoms with E-state index < -0.39 is 5.92 Å². The lowest BCUT2D eigenvalue weighted by molar-refractivity contribution is -0.130. The summed E-state index contributed by atoms with van der Waals surface area (Å²) in [5, 5.41) is 4.77. The summed E-state index contributed by atoms with van der Waals surface area (Å²) in [5.74, 6) is -0.882. The predicted octanol–water partition coefficient (Wildman–Crippen LogP) is 1.22. The number of thiocarbonyl (C=S) groups is 2. The Labute approximate surface area is 133 Å². The maximum Gasteiger partial charge on any atom is 0.229 e. The monoisotopic (exact) mass is 342 g/mol. The molecule has 9 heteroatoms. The molecule has 102 valence electrons. The summed E-state index contributed by atoms with van der Waals surface area (Å²) >= 11 is 21.1. The molecule has 0 heterocycles. The van der Waals surface area contributed by atoms with Gasteiger partial charge in [-0.3, -0.25) is 9.59 Å². The standard InChI is InChI=1S/C9H14N2O2S5/c1-4(3-14)5(7(13)11-9(17)18)2-6(12)10-8(15)16/h4-5,14H,2-3H2,1H3,(H2,10,12,15,16)(H2,11,13,17,18). The van der Waals surface area contributed by atoms with E-state index in [1.54, 1.807) is 0 Å². The fraction of sp³-hybridized carbons (Fsp3) is 0.556. The Morgan fingerprint density at radius 3 is 2.06 bits per heavy atom. The normalized spacial score (nSPS) is 13.3. The summed E-state index contributed by atoms with van der Waals surface area (Å²) in [6.45, 7) is 1.82. The molecular weight excluding hydrogens is 328 g/mol. The van der Waals surface area contributed by atoms with E-state index in [9.17, 15) is 9.59 Å². The maximum absolute atomic E-state index is 11.9. The molecule has 2 unspecified atom stereocenters. The molecule has 0 aliphatic heterocycles. The second-order valence-electron chi connectivity index (χ2n) is 3.62. The van der Waals surface area contributed by atoms with Gasteiger partial charge in [0.2, 0.25) is 11.8 Å². The van der Waals surface area contributed by atoms with E-state index in [-0.39, 0.29) is 32.8 Å². The van der Waals surface area contributed by atoms with Crippen molar-refractivity contribution in [1.82, 2.24) is 10.6 Å². The lowest BCUT2D eigenvalue weighted by atomic mass is 9.91. The van der Waals surface area contributed by atoms with Crippen molar-refractivity contribution < 1.29 is 9.59 Å². The Morgan fingerprint density at radius 1 is 1.17 bits per heavy atom. The van der Waals surface area contributed by atoms with Crippen LogP contribution in [0.4, 0.5) is 0 Å². The second kappa shape index (κ2) is 9.13. The third kappa shape index (κ3) is 7.57. The van der Waals surface area contributed by atoms with Gasteiger partial charge in [0, 0.05) is 6.42 Å². The summed E-state index contributed by atoms with van der Waals surface area (Å²) < 4.78 is 0.142. The van der Waals surface area contributed by atoms with E-state index in [0.29, 0.717) is 5.75 Å². The Kier molecular flexibility index (Phi) is 9.22. The van der Waals surface area contributed by atoms with Gasteiger partial charge in [-0.05, 0) is 11.7 Å². The van der Waals surface area contributed by atoms with Gasteiger partial charge in [-0.25, -0.2) is 0 Å². The average molecular weight is 343 g/mol. The number of carbonyl (C=O) groups excluding carboxylic acids is 2. The van der Waals surface area contributed by atoms with Crippen LogP contribution in [0.2, 0.25) is 0 Å². The number of hydrogen-bond donors (Lipinski definition) is 5. The van der Waals surface area contributed by atoms with Gasteiger partial charge in [-0.15, -0.1) is 25.3 Å². The van der Waals surface area contributed by atoms with E-state index >= 15 is 0 Å². The number of nitrogens with one attached hydrogen (secondary N) is 2. The van der Waals surface area contributed by atoms with Crippen LogP contribution in [0.5, 0.6) is 0 Å². The molecule has 18 heavy (non-hydrogen) atoms. The van der Waals surface area contributed by atoms with Crippen LogP contribution in [0.15, 0.2) is 0 Å². The Bertz CT molecular complexity index is 361. The molecule has 2 N–H and O–H groups in total. The summed E-state index contributed by atoms with van der Waals surface area (Å²) in [6, 6.07) is 0. The van der Waals surface area contributed by atoms with Crippen molar-refractivity contribution in [3.8, 4) is 0 Å². The minimum atomic E-state index is -0.546. The number of hydrogen-bond acceptors (Lipinski definition) is 5. The summed E-state index contributed by atoms with van der Waals surface area (Å²) in [5.41, 5.74) is 0. The molecule has 2 atom stereocenters. The highest BCUT2D eigenvalue weighted by molar-refractivity contribution is 8.11. The molecular formula is C9H14N2O2S5. The largest absolute Gasteiger partial charge is 0.312 e. The molecule has 0 saturated heterocycles. The third-order valence-corrected chi connectivity index (χ3v) is 3.20. The molecule has 0 bridgehead atoms. The minimum absolute atomic E-state index is 0.00927. The van der Waals surface area contributed by atoms with Crippen molar-refractivity contribution in [3.63, 3.8) is 0 Å². The predicted molar refractivity (Wildman–Crippen MR) is 90.6 cm³/mol. The van der Waals surface area contributed by atoms with Gasteiger partial charge in [-0.1, -0.05) is 31.4 Å². The lowest BCUT2D eigenvalue weighted by Gasteiger charge is -2.20. The van der Waals surface area contributed by atoms with Crippen LogP contribution in [0, 0.1) is 11.8 Å². The average Bonchev–Trinajstić information content (AvgIpc) is 2.22. The van der Waals surface area contributed by atoms with Crippen LogP contribution >= 0.6 is 62.3 Å². The van der Waals surface area contributed by atoms with Crippen molar-refractivity contribution >= 4 is 82.8 Å². The first-order chi connectivity index (χ1) is 8.27. The highest BCUT2D eigenvalue weighted by Gasteiger charge is 2.27. The van der Waals surface area contributed by atoms with Gasteiger partial charge in [0.1, 0.15) is 8.64 Å². The molecule has 2 amide bonds. The first-order valence-electron chi connectivity index (χ1n) is 4.95. The molecule has 0 radical (unpaired) electrons. The van der Waals surface area contributed by atoms with Crippen molar-refractivity contribution in [2.45, 2.75) is 13.3 Å². The van der Waals surface area contributed by atoms with Gasteiger partial charge in [-0.2, -0.15) is 12.6 Å². The Hall–Kier alpha value is 0.170. The molecule has 0 spiro atoms. The van der Waals surface area contributed by atoms with E-state index in [2.05, 4.69) is 73.0 Å². The number of carbonyl (C=O) groups is 2. The van der Waals surface area contributed by atoms with Crippen LogP contribution in [-0.2, 0) is 9.59 Å². The third-order valence-electron chi connectivity index (χ3n) is 2.19. The first kappa shape index (κ1) is 18.2. The van der Waals surface area contributed by atoms with Crippen molar-refractivity contribution in [1.29, 1.82) is 0 Å². The van der Waals surface area contributed by atoms with Gasteiger partial charge in [0.05, 0.1) is 5.92 Å². The summed E-state index contributed by atoms with van der Waals surface area (Å²) in [6.07, 6.45) is -0.00927. The summed E-state index contributed by atoms with van der Waals surface area (Å²) in [7, 11) is 0. The zero-order chi connectivity index (χ0) is 14.3. The zero-order valence-corrected chi connectivity index (χ0v) is 13.9. The fourth-order valence-corrected chi connectivity index (χ4v) is 1.95. The van der Waals surface area contributed by atoms with E-state index in [4.69, 9.17) is 0 Å². The van der Waals surface area contributed by atoms with Gasteiger partial charge < -0.3 is 10.6 Å². The number of rotatable bonds is 5. The highest BCUT2D eigenvalue weighted by atomic mass is 32.1. The fourth-order valence-electron chi connectivity index (χ4n) is 1.25. The molecule has 4 nitrogen and oxygen atoms in total. The zero-order valence-electron chi connectivity index (χ0n) is 9.54. The molecule has 0 fully saturated rings. The number of amides is 2. The quantitative estimate of drug-likeness (QED) is 0.385. The number of thiol groups is 3. The molecule has 0 aliphatic rings. The van der Waals surface area contributed by atoms with E-state index in [1.165, 1.54) is 0 Å². The topological polar surface area (TPSA) is 58.2 Å². The van der Waals surface area contributed by atoms with E-state index in [1.807, 2.05) is 6.92 Å². The molecule has 0 aromatic rings. The molecule has 0 saturated carbocycles. The van der Waals surface area contributed by atoms with Gasteiger partial charge >= 0.3 is 0 Å². The van der Waals surface area contributed by atoms with Gasteiger partial charge in [0.25, 0.3) is 0 Å². The van der Waals surface area contributed by atoms with E-state index in [0.717, 1.165) is 0 Å². The van der Waals surface area contributed by atoms with Crippen LogP contribution < -0.4 is 10.6 Å². The molecule has 0 aliphatic carbocycles. The Morgan fingerprint density at radius 2 is 1.67 bits per heavy atom. The van der Waals surface area contributed by atoms with Crippen molar-refractivity contribution in [2.75, 3.05) is 5.75 Å². The Balaban J connectivity index is 4.68. The molecule has 0 aromatic carbocycles. The molecule has 0 rings (SSSR count). The first-order valence-corrected chi connectivity index (χ1v) is 7.29. The maximum atomic E-state index is 11.9. The minimum Gasteiger partial charge on any atom is -0.312 e. The van der Waals surface area contributed by atoms with Crippen molar-refractivity contribution in [2.24, 2.45) is 11.8 Å². The summed E-state index contributed by atoms with van der Waals surface area (Å²) in [4.78, 5) is 23.4. The van der Waals surface area contributed by atoms with Crippen molar-refractivity contribution in [3.05, 3.63) is 0 Å². The molecule has 0 aromatic heterocycles.